The fraction of sp³-hybridized carbons (Fsp3) is 0.550. The Hall–Kier alpha value is -2.09. The number of hydrogen-bond donors (Lipinski definition) is 1. The first kappa shape index (κ1) is 21.2. The van der Waals surface area contributed by atoms with Gasteiger partial charge in [0.25, 0.3) is 5.79 Å². The van der Waals surface area contributed by atoms with E-state index in [1.807, 2.05) is 24.3 Å². The summed E-state index contributed by atoms with van der Waals surface area (Å²) in [6, 6.07) is 7.59. The van der Waals surface area contributed by atoms with Crippen LogP contribution >= 0.6 is 0 Å². The number of hydroxylamine groups is 1. The summed E-state index contributed by atoms with van der Waals surface area (Å²) in [5.41, 5.74) is 4.52. The van der Waals surface area contributed by atoms with Crippen LogP contribution in [0.1, 0.15) is 31.7 Å². The van der Waals surface area contributed by atoms with E-state index in [4.69, 9.17) is 23.8 Å². The van der Waals surface area contributed by atoms with Crippen molar-refractivity contribution < 1.29 is 28.6 Å². The minimum Gasteiger partial charge on any atom is -0.497 e. The fourth-order valence-corrected chi connectivity index (χ4v) is 2.71. The Morgan fingerprint density at radius 3 is 2.48 bits per heavy atom. The van der Waals surface area contributed by atoms with Crippen LogP contribution in [0.15, 0.2) is 30.8 Å². The topological polar surface area (TPSA) is 75.3 Å². The van der Waals surface area contributed by atoms with Gasteiger partial charge in [0.1, 0.15) is 5.75 Å². The molecule has 1 heterocycles. The summed E-state index contributed by atoms with van der Waals surface area (Å²) in [4.78, 5) is 17.1. The van der Waals surface area contributed by atoms with Crippen LogP contribution in [0.2, 0.25) is 0 Å². The van der Waals surface area contributed by atoms with Gasteiger partial charge in [0, 0.05) is 12.8 Å². The van der Waals surface area contributed by atoms with Crippen LogP contribution in [0.5, 0.6) is 5.75 Å². The van der Waals surface area contributed by atoms with Gasteiger partial charge in [-0.2, -0.15) is 0 Å². The molecule has 0 saturated carbocycles. The minimum absolute atomic E-state index is 0.268. The van der Waals surface area contributed by atoms with Gasteiger partial charge in [0.15, 0.2) is 0 Å². The molecule has 0 atom stereocenters. The molecule has 1 aromatic carbocycles. The van der Waals surface area contributed by atoms with Gasteiger partial charge in [0.2, 0.25) is 0 Å². The highest BCUT2D eigenvalue weighted by Gasteiger charge is 2.41. The predicted molar refractivity (Wildman–Crippen MR) is 101 cm³/mol. The molecular formula is C20H29NO6. The molecule has 1 N–H and O–H groups in total. The van der Waals surface area contributed by atoms with Gasteiger partial charge in [0.05, 0.1) is 39.7 Å². The van der Waals surface area contributed by atoms with Crippen molar-refractivity contribution in [1.82, 2.24) is 5.48 Å². The lowest BCUT2D eigenvalue weighted by Gasteiger charge is -2.35. The van der Waals surface area contributed by atoms with E-state index < -0.39 is 11.8 Å². The maximum Gasteiger partial charge on any atom is 0.366 e. The maximum atomic E-state index is 11.6. The molecule has 2 rings (SSSR count). The number of rotatable bonds is 10. The van der Waals surface area contributed by atoms with E-state index in [1.54, 1.807) is 14.0 Å². The number of ether oxygens (including phenoxy) is 4. The van der Waals surface area contributed by atoms with E-state index >= 15 is 0 Å². The van der Waals surface area contributed by atoms with Crippen molar-refractivity contribution in [3.8, 4) is 5.75 Å². The number of esters is 1. The Morgan fingerprint density at radius 1 is 1.22 bits per heavy atom. The monoisotopic (exact) mass is 379 g/mol. The predicted octanol–water partition coefficient (Wildman–Crippen LogP) is 2.91. The molecule has 27 heavy (non-hydrogen) atoms. The normalized spacial score (nSPS) is 22.1. The van der Waals surface area contributed by atoms with Crippen molar-refractivity contribution in [2.24, 2.45) is 5.92 Å². The molecule has 0 radical (unpaired) electrons. The van der Waals surface area contributed by atoms with Crippen molar-refractivity contribution in [3.63, 3.8) is 0 Å². The van der Waals surface area contributed by atoms with Crippen LogP contribution in [0.3, 0.4) is 0 Å². The van der Waals surface area contributed by atoms with Crippen molar-refractivity contribution in [1.29, 1.82) is 0 Å². The largest absolute Gasteiger partial charge is 0.497 e. The first-order chi connectivity index (χ1) is 13.0. The van der Waals surface area contributed by atoms with Crippen molar-refractivity contribution in [2.75, 3.05) is 34.0 Å². The average Bonchev–Trinajstić information content (AvgIpc) is 2.71. The summed E-state index contributed by atoms with van der Waals surface area (Å²) < 4.78 is 20.9. The van der Waals surface area contributed by atoms with Crippen molar-refractivity contribution in [3.05, 3.63) is 36.4 Å². The van der Waals surface area contributed by atoms with Crippen molar-refractivity contribution in [2.45, 2.75) is 32.0 Å². The molecule has 0 spiro atoms. The van der Waals surface area contributed by atoms with E-state index in [1.165, 1.54) is 7.11 Å². The third-order valence-corrected chi connectivity index (χ3v) is 4.49. The number of nitrogens with one attached hydrogen (secondary N) is 1. The molecule has 1 saturated heterocycles. The molecule has 1 aromatic rings. The standard InChI is InChI=1S/C20H29NO6/c1-15(17-8-10-18(23-3)11-9-17)21-27-12-6-5-7-16-13-25-20(2,26-14-16)19(22)24-4/h8-11,16,21H,1,5-7,12-14H2,2-4H3. The zero-order valence-electron chi connectivity index (χ0n) is 16.3. The highest BCUT2D eigenvalue weighted by atomic mass is 16.7. The first-order valence-corrected chi connectivity index (χ1v) is 9.06. The lowest BCUT2D eigenvalue weighted by Crippen LogP contribution is -2.48. The van der Waals surface area contributed by atoms with E-state index in [0.29, 0.717) is 25.5 Å². The molecule has 0 aromatic heterocycles. The van der Waals surface area contributed by atoms with Crippen LogP contribution in [0.4, 0.5) is 0 Å². The Morgan fingerprint density at radius 2 is 1.89 bits per heavy atom. The fourth-order valence-electron chi connectivity index (χ4n) is 2.71. The third kappa shape index (κ3) is 6.23. The lowest BCUT2D eigenvalue weighted by atomic mass is 10.0. The van der Waals surface area contributed by atoms with Crippen LogP contribution < -0.4 is 10.2 Å². The van der Waals surface area contributed by atoms with Gasteiger partial charge < -0.3 is 18.9 Å². The van der Waals surface area contributed by atoms with Gasteiger partial charge >= 0.3 is 5.97 Å². The Kier molecular flexibility index (Phi) is 8.09. The Balaban J connectivity index is 1.56. The molecule has 0 bridgehead atoms. The van der Waals surface area contributed by atoms with Gasteiger partial charge in [-0.15, -0.1) is 0 Å². The quantitative estimate of drug-likeness (QED) is 0.381. The average molecular weight is 379 g/mol. The van der Waals surface area contributed by atoms with Crippen LogP contribution in [0.25, 0.3) is 5.70 Å². The SMILES string of the molecule is C=C(NOCCCCC1COC(C)(C(=O)OC)OC1)c1ccc(OC)cc1. The van der Waals surface area contributed by atoms with E-state index in [0.717, 1.165) is 30.6 Å². The van der Waals surface area contributed by atoms with E-state index in [2.05, 4.69) is 12.1 Å². The molecule has 1 aliphatic heterocycles. The van der Waals surface area contributed by atoms with Gasteiger partial charge in [-0.1, -0.05) is 13.0 Å². The maximum absolute atomic E-state index is 11.6. The smallest absolute Gasteiger partial charge is 0.366 e. The minimum atomic E-state index is -1.28. The summed E-state index contributed by atoms with van der Waals surface area (Å²) >= 11 is 0. The van der Waals surface area contributed by atoms with Gasteiger partial charge in [-0.3, -0.25) is 10.3 Å². The second-order valence-corrected chi connectivity index (χ2v) is 6.58. The summed E-state index contributed by atoms with van der Waals surface area (Å²) in [5.74, 6) is -0.711. The summed E-state index contributed by atoms with van der Waals surface area (Å²) in [5, 5.41) is 0. The third-order valence-electron chi connectivity index (χ3n) is 4.49. The molecule has 150 valence electrons. The lowest BCUT2D eigenvalue weighted by molar-refractivity contribution is -0.272. The van der Waals surface area contributed by atoms with Gasteiger partial charge in [-0.25, -0.2) is 4.79 Å². The molecule has 7 heteroatoms. The second-order valence-electron chi connectivity index (χ2n) is 6.58. The zero-order valence-corrected chi connectivity index (χ0v) is 16.3. The number of hydrogen-bond acceptors (Lipinski definition) is 7. The van der Waals surface area contributed by atoms with Crippen molar-refractivity contribution >= 4 is 11.7 Å². The highest BCUT2D eigenvalue weighted by molar-refractivity contribution is 5.77. The Labute approximate surface area is 160 Å². The second kappa shape index (κ2) is 10.3. The van der Waals surface area contributed by atoms with E-state index in [9.17, 15) is 4.79 Å². The number of carbonyl (C=O) groups is 1. The highest BCUT2D eigenvalue weighted by Crippen LogP contribution is 2.25. The van der Waals surface area contributed by atoms with Crippen LogP contribution in [-0.4, -0.2) is 45.8 Å². The molecule has 0 aliphatic carbocycles. The molecule has 0 amide bonds. The number of benzene rings is 1. The summed E-state index contributed by atoms with van der Waals surface area (Å²) in [7, 11) is 2.96. The molecule has 1 aliphatic rings. The van der Waals surface area contributed by atoms with Crippen LogP contribution in [0, 0.1) is 5.92 Å². The first-order valence-electron chi connectivity index (χ1n) is 9.06. The van der Waals surface area contributed by atoms with E-state index in [-0.39, 0.29) is 5.92 Å². The molecule has 0 unspecified atom stereocenters. The van der Waals surface area contributed by atoms with Gasteiger partial charge in [-0.05, 0) is 42.7 Å². The molecule has 7 nitrogen and oxygen atoms in total. The molecule has 1 fully saturated rings. The number of methoxy groups -OCH3 is 2. The number of unbranched alkanes of at least 4 members (excludes halogenated alkanes) is 1. The summed E-state index contributed by atoms with van der Waals surface area (Å²) in [6.45, 7) is 7.09. The molecular weight excluding hydrogens is 350 g/mol. The number of carbonyl (C=O) groups excluding carboxylic acids is 1. The van der Waals surface area contributed by atoms with Crippen LogP contribution in [-0.2, 0) is 23.8 Å². The Bertz CT molecular complexity index is 607. The summed E-state index contributed by atoms with van der Waals surface area (Å²) in [6.07, 6.45) is 2.82. The zero-order chi connectivity index (χ0) is 19.7.